The van der Waals surface area contributed by atoms with E-state index in [1.165, 1.54) is 11.1 Å². The average Bonchev–Trinajstić information content (AvgIpc) is 3.25. The molecule has 1 amide bonds. The summed E-state index contributed by atoms with van der Waals surface area (Å²) in [5.41, 5.74) is 2.30. The molecule has 2 unspecified atom stereocenters. The molecule has 31 heavy (non-hydrogen) atoms. The summed E-state index contributed by atoms with van der Waals surface area (Å²) in [6, 6.07) is 11.6. The summed E-state index contributed by atoms with van der Waals surface area (Å²) in [6.45, 7) is 2.68. The molecule has 1 fully saturated rings. The summed E-state index contributed by atoms with van der Waals surface area (Å²) in [4.78, 5) is 30.1. The van der Waals surface area contributed by atoms with E-state index in [2.05, 4.69) is 22.3 Å². The summed E-state index contributed by atoms with van der Waals surface area (Å²) in [7, 11) is 0. The summed E-state index contributed by atoms with van der Waals surface area (Å²) in [5.74, 6) is 0.923. The Labute approximate surface area is 179 Å². The molecule has 1 N–H and O–H groups in total. The lowest BCUT2D eigenvalue weighted by molar-refractivity contribution is -0.122. The molecule has 1 aliphatic carbocycles. The van der Waals surface area contributed by atoms with Crippen LogP contribution >= 0.6 is 0 Å². The van der Waals surface area contributed by atoms with Crippen LogP contribution in [0.1, 0.15) is 38.2 Å². The number of nitrogens with zero attached hydrogens (tertiary/aromatic N) is 5. The first kappa shape index (κ1) is 19.5. The van der Waals surface area contributed by atoms with E-state index >= 15 is 0 Å². The molecule has 1 aliphatic rings. The van der Waals surface area contributed by atoms with Gasteiger partial charge in [0.15, 0.2) is 0 Å². The number of fused-ring (bicyclic) bond motifs is 3. The number of aromatic nitrogens is 5. The van der Waals surface area contributed by atoms with Crippen LogP contribution in [-0.2, 0) is 17.9 Å². The topological polar surface area (TPSA) is 86.2 Å². The van der Waals surface area contributed by atoms with Gasteiger partial charge in [-0.15, -0.1) is 5.10 Å². The minimum atomic E-state index is -0.219. The number of hydrogen-bond acceptors (Lipinski definition) is 4. The first-order valence-corrected chi connectivity index (χ1v) is 10.9. The van der Waals surface area contributed by atoms with E-state index < -0.39 is 0 Å². The van der Waals surface area contributed by atoms with Gasteiger partial charge in [-0.05, 0) is 48.6 Å². The van der Waals surface area contributed by atoms with Crippen molar-refractivity contribution in [3.8, 4) is 0 Å². The zero-order valence-electron chi connectivity index (χ0n) is 17.6. The van der Waals surface area contributed by atoms with Crippen LogP contribution in [0.25, 0.3) is 16.8 Å². The normalized spacial score (nSPS) is 19.1. The Morgan fingerprint density at radius 2 is 1.84 bits per heavy atom. The Balaban J connectivity index is 1.51. The summed E-state index contributed by atoms with van der Waals surface area (Å²) >= 11 is 0. The van der Waals surface area contributed by atoms with Crippen LogP contribution in [0.15, 0.2) is 53.6 Å². The van der Waals surface area contributed by atoms with Crippen molar-refractivity contribution < 1.29 is 4.79 Å². The van der Waals surface area contributed by atoms with Crippen molar-refractivity contribution in [2.75, 3.05) is 0 Å². The highest BCUT2D eigenvalue weighted by Crippen LogP contribution is 2.24. The molecule has 160 valence electrons. The fourth-order valence-corrected chi connectivity index (χ4v) is 4.62. The van der Waals surface area contributed by atoms with E-state index in [1.807, 2.05) is 41.0 Å². The molecule has 3 aromatic heterocycles. The molecule has 1 aromatic carbocycles. The zero-order valence-corrected chi connectivity index (χ0v) is 17.6. The van der Waals surface area contributed by atoms with Crippen LogP contribution in [0.2, 0.25) is 0 Å². The minimum absolute atomic E-state index is 0.0434. The molecular weight excluding hydrogens is 392 g/mol. The van der Waals surface area contributed by atoms with E-state index in [4.69, 9.17) is 0 Å². The summed E-state index contributed by atoms with van der Waals surface area (Å²) < 4.78 is 4.87. The van der Waals surface area contributed by atoms with Gasteiger partial charge in [0.1, 0.15) is 6.54 Å². The molecule has 5 rings (SSSR count). The largest absolute Gasteiger partial charge is 0.352 e. The van der Waals surface area contributed by atoms with Crippen molar-refractivity contribution in [2.24, 2.45) is 5.92 Å². The highest BCUT2D eigenvalue weighted by atomic mass is 16.2. The lowest BCUT2D eigenvalue weighted by Crippen LogP contribution is -2.42. The van der Waals surface area contributed by atoms with Crippen molar-refractivity contribution in [1.29, 1.82) is 0 Å². The molecule has 0 bridgehead atoms. The third-order valence-corrected chi connectivity index (χ3v) is 6.32. The highest BCUT2D eigenvalue weighted by Gasteiger charge is 2.24. The van der Waals surface area contributed by atoms with Gasteiger partial charge in [0.2, 0.25) is 11.7 Å². The predicted molar refractivity (Wildman–Crippen MR) is 118 cm³/mol. The second-order valence-corrected chi connectivity index (χ2v) is 8.44. The van der Waals surface area contributed by atoms with Gasteiger partial charge in [0.25, 0.3) is 0 Å². The molecular formula is C23H26N6O2. The molecule has 8 nitrogen and oxygen atoms in total. The Bertz CT molecular complexity index is 1290. The third-order valence-electron chi connectivity index (χ3n) is 6.32. The van der Waals surface area contributed by atoms with E-state index in [9.17, 15) is 9.59 Å². The van der Waals surface area contributed by atoms with Gasteiger partial charge in [0.05, 0.1) is 17.6 Å². The van der Waals surface area contributed by atoms with Crippen LogP contribution in [0.3, 0.4) is 0 Å². The molecule has 4 aromatic rings. The lowest BCUT2D eigenvalue weighted by atomic mass is 9.86. The number of imidazole rings is 1. The van der Waals surface area contributed by atoms with Crippen LogP contribution in [0.5, 0.6) is 0 Å². The van der Waals surface area contributed by atoms with E-state index in [0.717, 1.165) is 35.9 Å². The molecule has 0 saturated heterocycles. The van der Waals surface area contributed by atoms with Gasteiger partial charge in [-0.1, -0.05) is 31.9 Å². The number of amides is 1. The fraction of sp³-hybridized carbons (Fsp3) is 0.391. The Morgan fingerprint density at radius 1 is 1.10 bits per heavy atom. The van der Waals surface area contributed by atoms with Gasteiger partial charge in [-0.2, -0.15) is 0 Å². The van der Waals surface area contributed by atoms with Gasteiger partial charge in [0, 0.05) is 18.4 Å². The minimum Gasteiger partial charge on any atom is -0.352 e. The number of rotatable bonds is 5. The maximum Gasteiger partial charge on any atom is 0.352 e. The van der Waals surface area contributed by atoms with Gasteiger partial charge in [-0.25, -0.2) is 13.9 Å². The monoisotopic (exact) mass is 418 g/mol. The SMILES string of the molecule is CC1CCCCC1NC(=O)Cn1c2ccccc2n2c(=O)n(Cc3ccncc3)nc12. The van der Waals surface area contributed by atoms with Crippen molar-refractivity contribution in [3.63, 3.8) is 0 Å². The third kappa shape index (κ3) is 3.62. The lowest BCUT2D eigenvalue weighted by Gasteiger charge is -2.29. The molecule has 1 saturated carbocycles. The molecule has 0 aliphatic heterocycles. The number of benzene rings is 1. The van der Waals surface area contributed by atoms with Crippen molar-refractivity contribution in [3.05, 3.63) is 64.8 Å². The van der Waals surface area contributed by atoms with Crippen LogP contribution in [0, 0.1) is 5.92 Å². The Morgan fingerprint density at radius 3 is 2.61 bits per heavy atom. The second kappa shape index (κ2) is 8.02. The van der Waals surface area contributed by atoms with E-state index in [-0.39, 0.29) is 24.2 Å². The first-order chi connectivity index (χ1) is 15.1. The van der Waals surface area contributed by atoms with Crippen LogP contribution in [-0.4, -0.2) is 35.7 Å². The molecule has 2 atom stereocenters. The molecule has 0 radical (unpaired) electrons. The van der Waals surface area contributed by atoms with Gasteiger partial charge < -0.3 is 5.32 Å². The molecule has 0 spiro atoms. The fourth-order valence-electron chi connectivity index (χ4n) is 4.62. The maximum atomic E-state index is 13.1. The summed E-state index contributed by atoms with van der Waals surface area (Å²) in [6.07, 6.45) is 7.95. The standard InChI is InChI=1S/C23H26N6O2/c1-16-6-2-3-7-18(16)25-21(30)15-27-19-8-4-5-9-20(19)29-22(27)26-28(23(29)31)14-17-10-12-24-13-11-17/h4-5,8-13,16,18H,2-3,6-7,14-15H2,1H3,(H,25,30). The first-order valence-electron chi connectivity index (χ1n) is 10.9. The average molecular weight is 419 g/mol. The zero-order chi connectivity index (χ0) is 21.4. The van der Waals surface area contributed by atoms with Gasteiger partial charge in [-0.3, -0.25) is 14.3 Å². The van der Waals surface area contributed by atoms with Gasteiger partial charge >= 0.3 is 5.69 Å². The number of nitrogens with one attached hydrogen (secondary N) is 1. The van der Waals surface area contributed by atoms with Crippen LogP contribution < -0.4 is 11.0 Å². The Kier molecular flexibility index (Phi) is 5.05. The molecule has 3 heterocycles. The Hall–Kier alpha value is -3.42. The number of para-hydroxylation sites is 2. The van der Waals surface area contributed by atoms with Crippen molar-refractivity contribution in [2.45, 2.75) is 51.7 Å². The van der Waals surface area contributed by atoms with Crippen molar-refractivity contribution >= 4 is 22.7 Å². The van der Waals surface area contributed by atoms with Crippen molar-refractivity contribution in [1.82, 2.24) is 29.0 Å². The smallest absolute Gasteiger partial charge is 0.352 e. The molecule has 8 heteroatoms. The maximum absolute atomic E-state index is 13.1. The number of pyridine rings is 1. The number of carbonyl (C=O) groups is 1. The number of carbonyl (C=O) groups excluding carboxylic acids is 1. The second-order valence-electron chi connectivity index (χ2n) is 8.44. The van der Waals surface area contributed by atoms with E-state index in [0.29, 0.717) is 18.2 Å². The quantitative estimate of drug-likeness (QED) is 0.540. The van der Waals surface area contributed by atoms with E-state index in [1.54, 1.807) is 16.8 Å². The van der Waals surface area contributed by atoms with Crippen LogP contribution in [0.4, 0.5) is 0 Å². The highest BCUT2D eigenvalue weighted by molar-refractivity contribution is 5.84. The summed E-state index contributed by atoms with van der Waals surface area (Å²) in [5, 5.41) is 7.80. The predicted octanol–water partition coefficient (Wildman–Crippen LogP) is 2.59. The number of hydrogen-bond donors (Lipinski definition) is 1.